The van der Waals surface area contributed by atoms with E-state index >= 15 is 0 Å². The molecular weight excluding hydrogens is 342 g/mol. The van der Waals surface area contributed by atoms with Crippen LogP contribution in [-0.2, 0) is 6.42 Å². The van der Waals surface area contributed by atoms with Gasteiger partial charge in [-0.3, -0.25) is 4.98 Å². The molecule has 3 N–H and O–H groups in total. The van der Waals surface area contributed by atoms with Crippen LogP contribution in [0.3, 0.4) is 0 Å². The van der Waals surface area contributed by atoms with Gasteiger partial charge in [0, 0.05) is 24.6 Å². The van der Waals surface area contributed by atoms with E-state index in [1.165, 1.54) is 11.9 Å². The van der Waals surface area contributed by atoms with Crippen molar-refractivity contribution in [2.45, 2.75) is 6.42 Å². The second kappa shape index (κ2) is 7.69. The van der Waals surface area contributed by atoms with Crippen molar-refractivity contribution in [2.24, 2.45) is 0 Å². The molecule has 0 spiro atoms. The number of rotatable bonds is 7. The van der Waals surface area contributed by atoms with Gasteiger partial charge in [-0.15, -0.1) is 0 Å². The summed E-state index contributed by atoms with van der Waals surface area (Å²) in [7, 11) is 1.67. The molecule has 0 fully saturated rings. The molecule has 27 heavy (non-hydrogen) atoms. The Hall–Kier alpha value is -3.68. The molecule has 0 amide bonds. The third-order valence-corrected chi connectivity index (χ3v) is 4.10. The van der Waals surface area contributed by atoms with Crippen molar-refractivity contribution >= 4 is 28.6 Å². The lowest BCUT2D eigenvalue weighted by atomic mass is 10.1. The van der Waals surface area contributed by atoms with E-state index in [0.717, 1.165) is 35.7 Å². The number of aromatic nitrogens is 5. The zero-order chi connectivity index (χ0) is 18.5. The average Bonchev–Trinajstić information content (AvgIpc) is 3.12. The zero-order valence-electron chi connectivity index (χ0n) is 14.8. The van der Waals surface area contributed by atoms with Gasteiger partial charge in [-0.1, -0.05) is 12.1 Å². The van der Waals surface area contributed by atoms with Crippen LogP contribution in [0.4, 0.5) is 17.5 Å². The number of ether oxygens (including phenoxy) is 1. The van der Waals surface area contributed by atoms with Gasteiger partial charge >= 0.3 is 0 Å². The first-order valence-electron chi connectivity index (χ1n) is 8.56. The standard InChI is InChI=1S/C19H19N7O/c1-27-15-4-2-13(3-5-15)6-11-21-17-16-18(23-12-22-17)26-19(25-16)24-14-7-9-20-10-8-14/h2-5,7-10,12H,6,11H2,1H3,(H3,20,21,22,23,24,25,26). The van der Waals surface area contributed by atoms with Gasteiger partial charge in [-0.25, -0.2) is 9.97 Å². The van der Waals surface area contributed by atoms with E-state index in [2.05, 4.69) is 47.7 Å². The van der Waals surface area contributed by atoms with Gasteiger partial charge < -0.3 is 20.4 Å². The van der Waals surface area contributed by atoms with Crippen molar-refractivity contribution in [3.8, 4) is 5.75 Å². The number of fused-ring (bicyclic) bond motifs is 1. The Labute approximate surface area is 156 Å². The van der Waals surface area contributed by atoms with Crippen LogP contribution >= 0.6 is 0 Å². The molecular formula is C19H19N7O. The molecule has 3 heterocycles. The van der Waals surface area contributed by atoms with E-state index in [0.29, 0.717) is 11.6 Å². The van der Waals surface area contributed by atoms with Gasteiger partial charge in [0.2, 0.25) is 5.95 Å². The third kappa shape index (κ3) is 3.95. The van der Waals surface area contributed by atoms with Crippen LogP contribution in [-0.4, -0.2) is 38.6 Å². The lowest BCUT2D eigenvalue weighted by Crippen LogP contribution is -2.07. The molecule has 136 valence electrons. The number of anilines is 3. The average molecular weight is 361 g/mol. The molecule has 0 unspecified atom stereocenters. The van der Waals surface area contributed by atoms with Crippen molar-refractivity contribution in [3.63, 3.8) is 0 Å². The Morgan fingerprint density at radius 2 is 1.85 bits per heavy atom. The van der Waals surface area contributed by atoms with Gasteiger partial charge in [-0.05, 0) is 36.2 Å². The first kappa shape index (κ1) is 16.8. The molecule has 0 bridgehead atoms. The van der Waals surface area contributed by atoms with E-state index in [-0.39, 0.29) is 0 Å². The first-order chi connectivity index (χ1) is 13.3. The number of hydrogen-bond acceptors (Lipinski definition) is 7. The molecule has 8 nitrogen and oxygen atoms in total. The fourth-order valence-corrected chi connectivity index (χ4v) is 2.71. The van der Waals surface area contributed by atoms with E-state index in [9.17, 15) is 0 Å². The minimum Gasteiger partial charge on any atom is -0.497 e. The molecule has 3 aromatic heterocycles. The maximum atomic E-state index is 5.18. The number of hydrogen-bond donors (Lipinski definition) is 3. The van der Waals surface area contributed by atoms with Crippen LogP contribution in [0.15, 0.2) is 55.1 Å². The molecule has 0 radical (unpaired) electrons. The molecule has 1 aromatic carbocycles. The normalized spacial score (nSPS) is 10.7. The van der Waals surface area contributed by atoms with Crippen LogP contribution in [0.2, 0.25) is 0 Å². The van der Waals surface area contributed by atoms with Crippen LogP contribution in [0.25, 0.3) is 11.2 Å². The van der Waals surface area contributed by atoms with Gasteiger partial charge in [0.15, 0.2) is 11.5 Å². The number of benzene rings is 1. The van der Waals surface area contributed by atoms with Crippen LogP contribution in [0.1, 0.15) is 5.56 Å². The molecule has 0 aliphatic rings. The van der Waals surface area contributed by atoms with E-state index in [1.54, 1.807) is 19.5 Å². The van der Waals surface area contributed by atoms with Crippen molar-refractivity contribution in [1.82, 2.24) is 24.9 Å². The summed E-state index contributed by atoms with van der Waals surface area (Å²) in [5.74, 6) is 2.19. The van der Waals surface area contributed by atoms with Crippen LogP contribution in [0.5, 0.6) is 5.75 Å². The Balaban J connectivity index is 1.45. The van der Waals surface area contributed by atoms with Gasteiger partial charge in [0.1, 0.15) is 17.6 Å². The van der Waals surface area contributed by atoms with E-state index in [1.807, 2.05) is 24.3 Å². The Morgan fingerprint density at radius 3 is 2.63 bits per heavy atom. The molecule has 0 atom stereocenters. The predicted octanol–water partition coefficient (Wildman–Crippen LogP) is 3.15. The van der Waals surface area contributed by atoms with Crippen LogP contribution < -0.4 is 15.4 Å². The summed E-state index contributed by atoms with van der Waals surface area (Å²) in [4.78, 5) is 20.3. The number of nitrogens with zero attached hydrogens (tertiary/aromatic N) is 4. The number of nitrogens with one attached hydrogen (secondary N) is 3. The summed E-state index contributed by atoms with van der Waals surface area (Å²) in [6, 6.07) is 11.8. The molecule has 0 saturated carbocycles. The fraction of sp³-hybridized carbons (Fsp3) is 0.158. The highest BCUT2D eigenvalue weighted by Crippen LogP contribution is 2.21. The molecule has 8 heteroatoms. The minimum atomic E-state index is 0.605. The Kier molecular flexibility index (Phi) is 4.78. The quantitative estimate of drug-likeness (QED) is 0.465. The molecule has 0 saturated heterocycles. The van der Waals surface area contributed by atoms with Gasteiger partial charge in [-0.2, -0.15) is 4.98 Å². The highest BCUT2D eigenvalue weighted by molar-refractivity contribution is 5.84. The number of methoxy groups -OCH3 is 1. The molecule has 4 rings (SSSR count). The maximum absolute atomic E-state index is 5.18. The van der Waals surface area contributed by atoms with Gasteiger partial charge in [0.05, 0.1) is 7.11 Å². The number of pyridine rings is 1. The number of H-pyrrole nitrogens is 1. The van der Waals surface area contributed by atoms with E-state index < -0.39 is 0 Å². The summed E-state index contributed by atoms with van der Waals surface area (Å²) in [6.07, 6.45) is 5.81. The zero-order valence-corrected chi connectivity index (χ0v) is 14.8. The summed E-state index contributed by atoms with van der Waals surface area (Å²) in [5, 5.41) is 6.55. The smallest absolute Gasteiger partial charge is 0.207 e. The minimum absolute atomic E-state index is 0.605. The van der Waals surface area contributed by atoms with E-state index in [4.69, 9.17) is 4.74 Å². The Morgan fingerprint density at radius 1 is 1.04 bits per heavy atom. The van der Waals surface area contributed by atoms with Crippen LogP contribution in [0, 0.1) is 0 Å². The fourth-order valence-electron chi connectivity index (χ4n) is 2.71. The second-order valence-electron chi connectivity index (χ2n) is 5.89. The SMILES string of the molecule is COc1ccc(CCNc2ncnc3nc(Nc4ccncc4)[nH]c23)cc1. The van der Waals surface area contributed by atoms with Crippen molar-refractivity contribution in [1.29, 1.82) is 0 Å². The summed E-state index contributed by atoms with van der Waals surface area (Å²) < 4.78 is 5.18. The lowest BCUT2D eigenvalue weighted by Gasteiger charge is -2.07. The van der Waals surface area contributed by atoms with Crippen molar-refractivity contribution < 1.29 is 4.74 Å². The highest BCUT2D eigenvalue weighted by atomic mass is 16.5. The van der Waals surface area contributed by atoms with Crippen molar-refractivity contribution in [2.75, 3.05) is 24.3 Å². The maximum Gasteiger partial charge on any atom is 0.207 e. The lowest BCUT2D eigenvalue weighted by molar-refractivity contribution is 0.414. The largest absolute Gasteiger partial charge is 0.497 e. The Bertz CT molecular complexity index is 1020. The topological polar surface area (TPSA) is 101 Å². The predicted molar refractivity (Wildman–Crippen MR) is 104 cm³/mol. The molecule has 0 aliphatic carbocycles. The second-order valence-corrected chi connectivity index (χ2v) is 5.89. The molecule has 4 aromatic rings. The molecule has 0 aliphatic heterocycles. The summed E-state index contributed by atoms with van der Waals surface area (Å²) in [5.41, 5.74) is 3.49. The summed E-state index contributed by atoms with van der Waals surface area (Å²) >= 11 is 0. The highest BCUT2D eigenvalue weighted by Gasteiger charge is 2.09. The first-order valence-corrected chi connectivity index (χ1v) is 8.56. The summed E-state index contributed by atoms with van der Waals surface area (Å²) in [6.45, 7) is 0.741. The van der Waals surface area contributed by atoms with Gasteiger partial charge in [0.25, 0.3) is 0 Å². The number of aromatic amines is 1. The third-order valence-electron chi connectivity index (χ3n) is 4.10. The number of imidazole rings is 1. The monoisotopic (exact) mass is 361 g/mol. The van der Waals surface area contributed by atoms with Crippen molar-refractivity contribution in [3.05, 3.63) is 60.7 Å².